The average Bonchev–Trinajstić information content (AvgIpc) is 2.47. The zero-order valence-electron chi connectivity index (χ0n) is 6.68. The Morgan fingerprint density at radius 3 is 2.79 bits per heavy atom. The molecule has 2 heterocycles. The molecule has 2 N–H and O–H groups in total. The summed E-state index contributed by atoms with van der Waals surface area (Å²) in [5, 5.41) is 12.6. The smallest absolute Gasteiger partial charge is 0.271 e. The fraction of sp³-hybridized carbons (Fsp3) is 0. The van der Waals surface area contributed by atoms with E-state index in [0.717, 1.165) is 16.8 Å². The number of aromatic nitrogens is 3. The molecule has 0 saturated carbocycles. The van der Waals surface area contributed by atoms with E-state index in [1.165, 1.54) is 0 Å². The summed E-state index contributed by atoms with van der Waals surface area (Å²) in [5.74, 6) is 0. The summed E-state index contributed by atoms with van der Waals surface area (Å²) in [6.07, 6.45) is 1.06. The predicted octanol–water partition coefficient (Wildman–Crippen LogP) is -0.776. The van der Waals surface area contributed by atoms with Gasteiger partial charge in [-0.1, -0.05) is 0 Å². The third-order valence-corrected chi connectivity index (χ3v) is 1.70. The van der Waals surface area contributed by atoms with E-state index in [0.29, 0.717) is 0 Å². The minimum atomic E-state index is -0.715. The Labute approximate surface area is 74.9 Å². The highest BCUT2D eigenvalue weighted by Crippen LogP contribution is 2.11. The average molecular weight is 196 g/mol. The van der Waals surface area contributed by atoms with Crippen LogP contribution in [0, 0.1) is 10.1 Å². The summed E-state index contributed by atoms with van der Waals surface area (Å²) < 4.78 is 1.01. The van der Waals surface area contributed by atoms with Gasteiger partial charge >= 0.3 is 5.69 Å². The van der Waals surface area contributed by atoms with Gasteiger partial charge in [0.05, 0.1) is 4.92 Å². The molecule has 0 bridgehead atoms. The van der Waals surface area contributed by atoms with Crippen LogP contribution in [-0.4, -0.2) is 19.5 Å². The summed E-state index contributed by atoms with van der Waals surface area (Å²) in [4.78, 5) is 33.6. The molecule has 2 aromatic rings. The number of fused-ring (bicyclic) bond motifs is 1. The van der Waals surface area contributed by atoms with Crippen LogP contribution in [0.15, 0.2) is 21.9 Å². The third kappa shape index (κ3) is 1.09. The molecule has 2 aromatic heterocycles. The van der Waals surface area contributed by atoms with Crippen LogP contribution >= 0.6 is 0 Å². The molecule has 0 aliphatic rings. The monoisotopic (exact) mass is 196 g/mol. The van der Waals surface area contributed by atoms with Gasteiger partial charge in [-0.15, -0.1) is 0 Å². The first kappa shape index (κ1) is 8.23. The highest BCUT2D eigenvalue weighted by atomic mass is 16.6. The quantitative estimate of drug-likeness (QED) is 0.460. The first-order valence-electron chi connectivity index (χ1n) is 3.57. The zero-order chi connectivity index (χ0) is 10.3. The molecular weight excluding hydrogens is 192 g/mol. The summed E-state index contributed by atoms with van der Waals surface area (Å²) in [5.41, 5.74) is -1.61. The lowest BCUT2D eigenvalue weighted by atomic mass is 10.5. The SMILES string of the molecule is O=c1[nH]c(=O)c2cc([N+](=O)[O-])cn2[nH]1. The summed E-state index contributed by atoms with van der Waals surface area (Å²) in [6, 6.07) is 1.08. The molecule has 0 aliphatic heterocycles. The van der Waals surface area contributed by atoms with Gasteiger partial charge in [0.2, 0.25) is 0 Å². The molecule has 0 fully saturated rings. The van der Waals surface area contributed by atoms with Crippen molar-refractivity contribution in [1.29, 1.82) is 0 Å². The number of nitrogens with zero attached hydrogens (tertiary/aromatic N) is 2. The number of hydrogen-bond donors (Lipinski definition) is 2. The zero-order valence-corrected chi connectivity index (χ0v) is 6.68. The van der Waals surface area contributed by atoms with Crippen LogP contribution in [0.4, 0.5) is 5.69 Å². The van der Waals surface area contributed by atoms with Crippen LogP contribution in [-0.2, 0) is 0 Å². The molecule has 72 valence electrons. The maximum absolute atomic E-state index is 11.1. The molecule has 8 nitrogen and oxygen atoms in total. The molecule has 0 spiro atoms. The first-order valence-corrected chi connectivity index (χ1v) is 3.57. The molecule has 0 unspecified atom stereocenters. The van der Waals surface area contributed by atoms with Crippen LogP contribution in [0.5, 0.6) is 0 Å². The van der Waals surface area contributed by atoms with E-state index in [2.05, 4.69) is 5.10 Å². The normalized spacial score (nSPS) is 10.6. The summed E-state index contributed by atoms with van der Waals surface area (Å²) >= 11 is 0. The van der Waals surface area contributed by atoms with E-state index in [1.54, 1.807) is 0 Å². The molecule has 0 aliphatic carbocycles. The Hall–Kier alpha value is -2.38. The van der Waals surface area contributed by atoms with E-state index >= 15 is 0 Å². The van der Waals surface area contributed by atoms with Gasteiger partial charge in [-0.2, -0.15) is 0 Å². The second-order valence-electron chi connectivity index (χ2n) is 2.61. The highest BCUT2D eigenvalue weighted by Gasteiger charge is 2.11. The first-order chi connectivity index (χ1) is 6.58. The standard InChI is InChI=1S/C6H4N4O4/c11-5-4-1-3(10(13)14)2-9(4)8-6(12)7-5/h1-2H,(H2,7,8,11,12). The minimum absolute atomic E-state index is 0.0244. The van der Waals surface area contributed by atoms with E-state index in [9.17, 15) is 19.7 Å². The van der Waals surface area contributed by atoms with E-state index in [4.69, 9.17) is 0 Å². The second-order valence-corrected chi connectivity index (χ2v) is 2.61. The maximum Gasteiger partial charge on any atom is 0.340 e. The van der Waals surface area contributed by atoms with E-state index in [-0.39, 0.29) is 11.2 Å². The third-order valence-electron chi connectivity index (χ3n) is 1.70. The Morgan fingerprint density at radius 2 is 2.14 bits per heavy atom. The van der Waals surface area contributed by atoms with Gasteiger partial charge in [0.15, 0.2) is 0 Å². The predicted molar refractivity (Wildman–Crippen MR) is 45.3 cm³/mol. The van der Waals surface area contributed by atoms with Crippen LogP contribution < -0.4 is 11.2 Å². The minimum Gasteiger partial charge on any atom is -0.271 e. The molecule has 2 rings (SSSR count). The van der Waals surface area contributed by atoms with Gasteiger partial charge in [-0.25, -0.2) is 14.4 Å². The van der Waals surface area contributed by atoms with Crippen molar-refractivity contribution in [2.24, 2.45) is 0 Å². The number of H-pyrrole nitrogens is 2. The van der Waals surface area contributed by atoms with Crippen molar-refractivity contribution < 1.29 is 4.92 Å². The van der Waals surface area contributed by atoms with Gasteiger partial charge in [0, 0.05) is 6.07 Å². The van der Waals surface area contributed by atoms with Crippen molar-refractivity contribution in [1.82, 2.24) is 14.6 Å². The Balaban J connectivity index is 2.90. The molecular formula is C6H4N4O4. The number of nitro groups is 1. The molecule has 0 radical (unpaired) electrons. The van der Waals surface area contributed by atoms with Crippen LogP contribution in [0.3, 0.4) is 0 Å². The topological polar surface area (TPSA) is 113 Å². The second kappa shape index (κ2) is 2.55. The van der Waals surface area contributed by atoms with E-state index < -0.39 is 16.2 Å². The Bertz CT molecular complexity index is 619. The van der Waals surface area contributed by atoms with Crippen LogP contribution in [0.1, 0.15) is 0 Å². The molecule has 8 heteroatoms. The summed E-state index contributed by atoms with van der Waals surface area (Å²) in [6.45, 7) is 0. The lowest BCUT2D eigenvalue weighted by Crippen LogP contribution is -2.24. The number of nitrogens with one attached hydrogen (secondary N) is 2. The largest absolute Gasteiger partial charge is 0.340 e. The number of aromatic amines is 2. The van der Waals surface area contributed by atoms with Crippen molar-refractivity contribution in [3.05, 3.63) is 43.2 Å². The molecule has 0 saturated heterocycles. The van der Waals surface area contributed by atoms with Crippen LogP contribution in [0.2, 0.25) is 0 Å². The highest BCUT2D eigenvalue weighted by molar-refractivity contribution is 5.52. The fourth-order valence-corrected chi connectivity index (χ4v) is 1.12. The van der Waals surface area contributed by atoms with Gasteiger partial charge < -0.3 is 0 Å². The molecule has 0 aromatic carbocycles. The van der Waals surface area contributed by atoms with Crippen molar-refractivity contribution in [2.75, 3.05) is 0 Å². The molecule has 0 atom stereocenters. The van der Waals surface area contributed by atoms with Crippen molar-refractivity contribution >= 4 is 11.2 Å². The van der Waals surface area contributed by atoms with Crippen LogP contribution in [0.25, 0.3) is 5.52 Å². The van der Waals surface area contributed by atoms with Gasteiger partial charge in [-0.3, -0.25) is 19.9 Å². The molecule has 14 heavy (non-hydrogen) atoms. The molecule has 0 amide bonds. The van der Waals surface area contributed by atoms with Gasteiger partial charge in [0.1, 0.15) is 11.7 Å². The van der Waals surface area contributed by atoms with Crippen molar-refractivity contribution in [3.63, 3.8) is 0 Å². The summed E-state index contributed by atoms with van der Waals surface area (Å²) in [7, 11) is 0. The number of hydrogen-bond acceptors (Lipinski definition) is 4. The maximum atomic E-state index is 11.1. The fourth-order valence-electron chi connectivity index (χ4n) is 1.12. The lowest BCUT2D eigenvalue weighted by Gasteiger charge is -1.88. The number of rotatable bonds is 1. The Morgan fingerprint density at radius 1 is 1.43 bits per heavy atom. The van der Waals surface area contributed by atoms with Gasteiger partial charge in [-0.05, 0) is 0 Å². The lowest BCUT2D eigenvalue weighted by molar-refractivity contribution is -0.384. The van der Waals surface area contributed by atoms with Crippen molar-refractivity contribution in [2.45, 2.75) is 0 Å². The van der Waals surface area contributed by atoms with E-state index in [1.807, 2.05) is 4.98 Å². The van der Waals surface area contributed by atoms with Crippen molar-refractivity contribution in [3.8, 4) is 0 Å². The van der Waals surface area contributed by atoms with Gasteiger partial charge in [0.25, 0.3) is 11.2 Å². The Kier molecular flexibility index (Phi) is 1.50.